The number of anilines is 1. The van der Waals surface area contributed by atoms with E-state index in [0.29, 0.717) is 6.54 Å². The van der Waals surface area contributed by atoms with Gasteiger partial charge in [0.05, 0.1) is 13.6 Å². The van der Waals surface area contributed by atoms with Crippen LogP contribution in [0.4, 0.5) is 5.69 Å². The minimum atomic E-state index is 0.00432. The Morgan fingerprint density at radius 2 is 1.63 bits per heavy atom. The number of likely N-dealkylation sites (N-methyl/N-ethyl adjacent to an activating group) is 1. The summed E-state index contributed by atoms with van der Waals surface area (Å²) in [6.45, 7) is 5.27. The third kappa shape index (κ3) is 5.08. The van der Waals surface area contributed by atoms with Gasteiger partial charge >= 0.3 is 0 Å². The summed E-state index contributed by atoms with van der Waals surface area (Å²) in [7, 11) is 6.37. The van der Waals surface area contributed by atoms with Crippen molar-refractivity contribution in [2.24, 2.45) is 0 Å². The molecule has 0 aromatic heterocycles. The molecule has 0 radical (unpaired) electrons. The van der Waals surface area contributed by atoms with Crippen LogP contribution in [0, 0.1) is 0 Å². The molecule has 1 saturated heterocycles. The van der Waals surface area contributed by atoms with E-state index in [1.165, 1.54) is 24.3 Å². The molecular weight excluding hydrogens is 336 g/mol. The van der Waals surface area contributed by atoms with Crippen LogP contribution in [-0.2, 0) is 0 Å². The maximum absolute atomic E-state index is 12.5. The SMILES string of the molecule is CN(C)c1ccc([C@H](CNC(=O)c2ccccc2)[NH+]2CC[NH+](C)CC2)cc1. The van der Waals surface area contributed by atoms with Gasteiger partial charge in [0, 0.05) is 30.9 Å². The number of hydrogen-bond acceptors (Lipinski definition) is 2. The van der Waals surface area contributed by atoms with Gasteiger partial charge in [-0.15, -0.1) is 0 Å². The second-order valence-electron chi connectivity index (χ2n) is 7.73. The number of amides is 1. The monoisotopic (exact) mass is 368 g/mol. The smallest absolute Gasteiger partial charge is 0.251 e. The van der Waals surface area contributed by atoms with Gasteiger partial charge in [-0.2, -0.15) is 0 Å². The van der Waals surface area contributed by atoms with Crippen LogP contribution in [0.2, 0.25) is 0 Å². The Morgan fingerprint density at radius 1 is 1.00 bits per heavy atom. The zero-order valence-corrected chi connectivity index (χ0v) is 16.7. The summed E-state index contributed by atoms with van der Waals surface area (Å²) in [6.07, 6.45) is 0. The van der Waals surface area contributed by atoms with Gasteiger partial charge in [-0.25, -0.2) is 0 Å². The molecule has 1 aliphatic heterocycles. The number of nitrogens with one attached hydrogen (secondary N) is 3. The molecule has 2 aromatic carbocycles. The molecular formula is C22H32N4O+2. The van der Waals surface area contributed by atoms with Crippen molar-refractivity contribution in [3.05, 3.63) is 65.7 Å². The minimum Gasteiger partial charge on any atom is -0.378 e. The van der Waals surface area contributed by atoms with Crippen molar-refractivity contribution in [1.82, 2.24) is 5.32 Å². The van der Waals surface area contributed by atoms with E-state index in [0.717, 1.165) is 18.7 Å². The van der Waals surface area contributed by atoms with E-state index in [9.17, 15) is 4.79 Å². The van der Waals surface area contributed by atoms with Crippen molar-refractivity contribution < 1.29 is 14.6 Å². The van der Waals surface area contributed by atoms with Crippen LogP contribution in [0.3, 0.4) is 0 Å². The number of nitrogens with zero attached hydrogens (tertiary/aromatic N) is 1. The van der Waals surface area contributed by atoms with E-state index in [4.69, 9.17) is 0 Å². The highest BCUT2D eigenvalue weighted by Crippen LogP contribution is 2.16. The Labute approximate surface area is 162 Å². The van der Waals surface area contributed by atoms with E-state index in [1.54, 1.807) is 9.80 Å². The van der Waals surface area contributed by atoms with Crippen LogP contribution in [0.5, 0.6) is 0 Å². The van der Waals surface area contributed by atoms with E-state index < -0.39 is 0 Å². The lowest BCUT2D eigenvalue weighted by Crippen LogP contribution is -3.27. The lowest BCUT2D eigenvalue weighted by molar-refractivity contribution is -1.02. The molecule has 1 fully saturated rings. The first-order valence-corrected chi connectivity index (χ1v) is 9.81. The Kier molecular flexibility index (Phi) is 6.48. The van der Waals surface area contributed by atoms with E-state index in [2.05, 4.69) is 55.6 Å². The molecule has 1 amide bonds. The number of benzene rings is 2. The van der Waals surface area contributed by atoms with Gasteiger partial charge in [0.1, 0.15) is 32.2 Å². The highest BCUT2D eigenvalue weighted by atomic mass is 16.1. The molecule has 1 aliphatic rings. The maximum Gasteiger partial charge on any atom is 0.251 e. The van der Waals surface area contributed by atoms with Crippen molar-refractivity contribution in [2.45, 2.75) is 6.04 Å². The van der Waals surface area contributed by atoms with E-state index in [1.807, 2.05) is 30.3 Å². The largest absolute Gasteiger partial charge is 0.378 e. The molecule has 0 saturated carbocycles. The Morgan fingerprint density at radius 3 is 2.22 bits per heavy atom. The van der Waals surface area contributed by atoms with Gasteiger partial charge in [0.25, 0.3) is 5.91 Å². The number of hydrogen-bond donors (Lipinski definition) is 3. The molecule has 0 spiro atoms. The fraction of sp³-hybridized carbons (Fsp3) is 0.409. The first kappa shape index (κ1) is 19.4. The average Bonchev–Trinajstić information content (AvgIpc) is 2.70. The predicted molar refractivity (Wildman–Crippen MR) is 110 cm³/mol. The van der Waals surface area contributed by atoms with Gasteiger partial charge in [0.2, 0.25) is 0 Å². The first-order chi connectivity index (χ1) is 13.0. The van der Waals surface area contributed by atoms with Crippen molar-refractivity contribution in [1.29, 1.82) is 0 Å². The second-order valence-corrected chi connectivity index (χ2v) is 7.73. The van der Waals surface area contributed by atoms with Gasteiger partial charge in [-0.1, -0.05) is 30.3 Å². The van der Waals surface area contributed by atoms with Gasteiger partial charge in [-0.3, -0.25) is 4.79 Å². The molecule has 27 heavy (non-hydrogen) atoms. The standard InChI is InChI=1S/C22H30N4O/c1-24(2)20-11-9-18(10-12-20)21(26-15-13-25(3)14-16-26)17-23-22(27)19-7-5-4-6-8-19/h4-12,21H,13-17H2,1-3H3,(H,23,27)/p+2/t21-/m0/s1. The summed E-state index contributed by atoms with van der Waals surface area (Å²) in [4.78, 5) is 17.8. The van der Waals surface area contributed by atoms with Crippen molar-refractivity contribution in [3.63, 3.8) is 0 Å². The second kappa shape index (κ2) is 9.02. The van der Waals surface area contributed by atoms with E-state index >= 15 is 0 Å². The summed E-state index contributed by atoms with van der Waals surface area (Å²) in [6, 6.07) is 18.5. The minimum absolute atomic E-state index is 0.00432. The topological polar surface area (TPSA) is 41.2 Å². The molecule has 1 heterocycles. The van der Waals surface area contributed by atoms with Crippen LogP contribution < -0.4 is 20.0 Å². The summed E-state index contributed by atoms with van der Waals surface area (Å²) in [5.41, 5.74) is 3.21. The third-order valence-corrected chi connectivity index (χ3v) is 5.55. The summed E-state index contributed by atoms with van der Waals surface area (Å²) in [5.74, 6) is 0.00432. The summed E-state index contributed by atoms with van der Waals surface area (Å²) in [5, 5.41) is 3.17. The first-order valence-electron chi connectivity index (χ1n) is 9.81. The Bertz CT molecular complexity index is 722. The van der Waals surface area contributed by atoms with Crippen LogP contribution in [0.25, 0.3) is 0 Å². The molecule has 5 nitrogen and oxygen atoms in total. The van der Waals surface area contributed by atoms with Gasteiger partial charge in [0.15, 0.2) is 0 Å². The molecule has 0 unspecified atom stereocenters. The number of quaternary nitrogens is 2. The lowest BCUT2D eigenvalue weighted by Gasteiger charge is -2.33. The molecule has 144 valence electrons. The molecule has 0 bridgehead atoms. The third-order valence-electron chi connectivity index (χ3n) is 5.55. The normalized spacial score (nSPS) is 20.7. The van der Waals surface area contributed by atoms with Crippen molar-refractivity contribution >= 4 is 11.6 Å². The van der Waals surface area contributed by atoms with Crippen LogP contribution >= 0.6 is 0 Å². The fourth-order valence-corrected chi connectivity index (χ4v) is 3.74. The zero-order chi connectivity index (χ0) is 19.2. The number of carbonyl (C=O) groups is 1. The molecule has 3 rings (SSSR count). The zero-order valence-electron chi connectivity index (χ0n) is 16.7. The lowest BCUT2D eigenvalue weighted by atomic mass is 10.0. The average molecular weight is 369 g/mol. The van der Waals surface area contributed by atoms with Crippen LogP contribution in [0.15, 0.2) is 54.6 Å². The van der Waals surface area contributed by atoms with Crippen molar-refractivity contribution in [2.75, 3.05) is 58.8 Å². The maximum atomic E-state index is 12.5. The molecule has 3 N–H and O–H groups in total. The quantitative estimate of drug-likeness (QED) is 0.652. The van der Waals surface area contributed by atoms with E-state index in [-0.39, 0.29) is 11.9 Å². The highest BCUT2D eigenvalue weighted by molar-refractivity contribution is 5.94. The number of rotatable bonds is 6. The number of piperazine rings is 1. The van der Waals surface area contributed by atoms with Crippen LogP contribution in [0.1, 0.15) is 22.0 Å². The van der Waals surface area contributed by atoms with Crippen LogP contribution in [-0.4, -0.2) is 59.8 Å². The molecule has 0 aliphatic carbocycles. The predicted octanol–water partition coefficient (Wildman–Crippen LogP) is -0.363. The number of carbonyl (C=O) groups excluding carboxylic acids is 1. The molecule has 5 heteroatoms. The van der Waals surface area contributed by atoms with Gasteiger partial charge < -0.3 is 20.0 Å². The van der Waals surface area contributed by atoms with Crippen molar-refractivity contribution in [3.8, 4) is 0 Å². The highest BCUT2D eigenvalue weighted by Gasteiger charge is 2.29. The summed E-state index contributed by atoms with van der Waals surface area (Å²) < 4.78 is 0. The Hall–Kier alpha value is -2.37. The molecule has 1 atom stereocenters. The fourth-order valence-electron chi connectivity index (χ4n) is 3.74. The summed E-state index contributed by atoms with van der Waals surface area (Å²) >= 11 is 0. The Balaban J connectivity index is 1.74. The molecule has 2 aromatic rings. The van der Waals surface area contributed by atoms with Gasteiger partial charge in [-0.05, 0) is 24.3 Å².